The smallest absolute Gasteiger partial charge is 0.219 e. The number of carbonyl (C=O) groups excluding carboxylic acids is 1. The summed E-state index contributed by atoms with van der Waals surface area (Å²) in [6.07, 6.45) is 2.11. The van der Waals surface area contributed by atoms with E-state index in [2.05, 4.69) is 25.7 Å². The van der Waals surface area contributed by atoms with Crippen LogP contribution in [0.2, 0.25) is 5.02 Å². The van der Waals surface area contributed by atoms with Gasteiger partial charge in [-0.15, -0.1) is 10.2 Å². The largest absolute Gasteiger partial charge is 0.342 e. The predicted molar refractivity (Wildman–Crippen MR) is 99.8 cm³/mol. The van der Waals surface area contributed by atoms with Gasteiger partial charge in [-0.2, -0.15) is 0 Å². The molecule has 1 aromatic carbocycles. The number of piperidine rings is 1. The number of fused-ring (bicyclic) bond motifs is 1. The van der Waals surface area contributed by atoms with Gasteiger partial charge in [0.1, 0.15) is 11.6 Å². The standard InChI is InChI=1S/C19H24ClN5O/c1-14(26)24-8-4-6-16(12-24)19-22-21-18-13-23(9-10-25(18)19)11-15-5-2-3-7-17(15)20/h2-3,5,7,16H,4,6,8-13H2,1H3/t16-/m0/s1. The first-order valence-corrected chi connectivity index (χ1v) is 9.63. The van der Waals surface area contributed by atoms with Gasteiger partial charge in [-0.3, -0.25) is 9.69 Å². The molecule has 1 fully saturated rings. The zero-order chi connectivity index (χ0) is 18.1. The molecule has 1 aromatic heterocycles. The van der Waals surface area contributed by atoms with Crippen molar-refractivity contribution >= 4 is 17.5 Å². The van der Waals surface area contributed by atoms with Crippen LogP contribution in [0.15, 0.2) is 24.3 Å². The molecule has 6 nitrogen and oxygen atoms in total. The normalized spacial score (nSPS) is 20.8. The highest BCUT2D eigenvalue weighted by Gasteiger charge is 2.29. The summed E-state index contributed by atoms with van der Waals surface area (Å²) in [5.74, 6) is 2.50. The van der Waals surface area contributed by atoms with Crippen LogP contribution in [0.1, 0.15) is 42.9 Å². The minimum atomic E-state index is 0.152. The molecule has 1 saturated heterocycles. The second-order valence-electron chi connectivity index (χ2n) is 7.23. The number of hydrogen-bond donors (Lipinski definition) is 0. The quantitative estimate of drug-likeness (QED) is 0.830. The Morgan fingerprint density at radius 2 is 2.08 bits per heavy atom. The van der Waals surface area contributed by atoms with Crippen molar-refractivity contribution in [1.82, 2.24) is 24.6 Å². The average molecular weight is 374 g/mol. The van der Waals surface area contributed by atoms with E-state index in [1.807, 2.05) is 23.1 Å². The van der Waals surface area contributed by atoms with Crippen LogP contribution in [-0.4, -0.2) is 50.1 Å². The van der Waals surface area contributed by atoms with Gasteiger partial charge in [-0.1, -0.05) is 29.8 Å². The third-order valence-corrected chi connectivity index (χ3v) is 5.81. The van der Waals surface area contributed by atoms with E-state index in [4.69, 9.17) is 11.6 Å². The van der Waals surface area contributed by atoms with Crippen molar-refractivity contribution in [3.05, 3.63) is 46.5 Å². The molecule has 26 heavy (non-hydrogen) atoms. The second kappa shape index (κ2) is 7.37. The number of likely N-dealkylation sites (tertiary alicyclic amines) is 1. The van der Waals surface area contributed by atoms with Crippen molar-refractivity contribution in [3.8, 4) is 0 Å². The van der Waals surface area contributed by atoms with E-state index in [1.165, 1.54) is 0 Å². The fourth-order valence-corrected chi connectivity index (χ4v) is 4.20. The van der Waals surface area contributed by atoms with Crippen molar-refractivity contribution in [2.75, 3.05) is 19.6 Å². The summed E-state index contributed by atoms with van der Waals surface area (Å²) in [5.41, 5.74) is 1.15. The third kappa shape index (κ3) is 3.48. The summed E-state index contributed by atoms with van der Waals surface area (Å²) < 4.78 is 2.26. The van der Waals surface area contributed by atoms with Crippen LogP contribution in [0, 0.1) is 0 Å². The Bertz CT molecular complexity index is 805. The zero-order valence-electron chi connectivity index (χ0n) is 15.1. The van der Waals surface area contributed by atoms with Crippen LogP contribution in [0.25, 0.3) is 0 Å². The first kappa shape index (κ1) is 17.5. The van der Waals surface area contributed by atoms with Gasteiger partial charge in [0.2, 0.25) is 5.91 Å². The Morgan fingerprint density at radius 3 is 2.88 bits per heavy atom. The van der Waals surface area contributed by atoms with Gasteiger partial charge in [0, 0.05) is 50.6 Å². The maximum absolute atomic E-state index is 11.7. The van der Waals surface area contributed by atoms with Crippen LogP contribution < -0.4 is 0 Å². The van der Waals surface area contributed by atoms with Crippen molar-refractivity contribution in [3.63, 3.8) is 0 Å². The summed E-state index contributed by atoms with van der Waals surface area (Å²) in [6.45, 7) is 6.71. The molecule has 2 aliphatic heterocycles. The predicted octanol–water partition coefficient (Wildman–Crippen LogP) is 2.67. The Morgan fingerprint density at radius 1 is 1.23 bits per heavy atom. The molecular weight excluding hydrogens is 350 g/mol. The van der Waals surface area contributed by atoms with E-state index in [0.29, 0.717) is 5.92 Å². The van der Waals surface area contributed by atoms with Crippen molar-refractivity contribution < 1.29 is 4.79 Å². The molecule has 0 bridgehead atoms. The Balaban J connectivity index is 1.47. The lowest BCUT2D eigenvalue weighted by atomic mass is 9.97. The maximum atomic E-state index is 11.7. The van der Waals surface area contributed by atoms with Gasteiger partial charge in [0.25, 0.3) is 0 Å². The van der Waals surface area contributed by atoms with Gasteiger partial charge < -0.3 is 9.47 Å². The topological polar surface area (TPSA) is 54.3 Å². The summed E-state index contributed by atoms with van der Waals surface area (Å²) in [5, 5.41) is 9.76. The number of carbonyl (C=O) groups is 1. The zero-order valence-corrected chi connectivity index (χ0v) is 15.8. The summed E-state index contributed by atoms with van der Waals surface area (Å²) in [4.78, 5) is 16.0. The minimum absolute atomic E-state index is 0.152. The fourth-order valence-electron chi connectivity index (χ4n) is 4.01. The van der Waals surface area contributed by atoms with E-state index >= 15 is 0 Å². The molecule has 138 valence electrons. The molecule has 3 heterocycles. The second-order valence-corrected chi connectivity index (χ2v) is 7.64. The molecule has 0 N–H and O–H groups in total. The molecule has 0 saturated carbocycles. The van der Waals surface area contributed by atoms with Crippen LogP contribution in [0.5, 0.6) is 0 Å². The monoisotopic (exact) mass is 373 g/mol. The highest BCUT2D eigenvalue weighted by Crippen LogP contribution is 2.28. The highest BCUT2D eigenvalue weighted by molar-refractivity contribution is 6.31. The molecule has 2 aromatic rings. The molecule has 0 radical (unpaired) electrons. The van der Waals surface area contributed by atoms with Gasteiger partial charge in [-0.05, 0) is 24.5 Å². The third-order valence-electron chi connectivity index (χ3n) is 5.44. The molecule has 4 rings (SSSR count). The van der Waals surface area contributed by atoms with Crippen LogP contribution >= 0.6 is 11.6 Å². The van der Waals surface area contributed by atoms with E-state index in [9.17, 15) is 4.79 Å². The maximum Gasteiger partial charge on any atom is 0.219 e. The van der Waals surface area contributed by atoms with Crippen molar-refractivity contribution in [2.24, 2.45) is 0 Å². The van der Waals surface area contributed by atoms with Gasteiger partial charge in [0.15, 0.2) is 0 Å². The number of benzene rings is 1. The number of nitrogens with zero attached hydrogens (tertiary/aromatic N) is 5. The Kier molecular flexibility index (Phi) is 4.96. The van der Waals surface area contributed by atoms with Crippen molar-refractivity contribution in [2.45, 2.75) is 45.3 Å². The lowest BCUT2D eigenvalue weighted by Crippen LogP contribution is -2.39. The SMILES string of the molecule is CC(=O)N1CCC[C@H](c2nnc3n2CCN(Cc2ccccc2Cl)C3)C1. The van der Waals surface area contributed by atoms with Gasteiger partial charge >= 0.3 is 0 Å². The Labute approximate surface area is 158 Å². The molecule has 0 spiro atoms. The first-order valence-electron chi connectivity index (χ1n) is 9.25. The lowest BCUT2D eigenvalue weighted by molar-refractivity contribution is -0.130. The molecular formula is C19H24ClN5O. The number of aromatic nitrogens is 3. The molecule has 0 unspecified atom stereocenters. The van der Waals surface area contributed by atoms with Crippen LogP contribution in [0.4, 0.5) is 0 Å². The Hall–Kier alpha value is -1.92. The molecule has 2 aliphatic rings. The molecule has 1 atom stereocenters. The minimum Gasteiger partial charge on any atom is -0.342 e. The van der Waals surface area contributed by atoms with Gasteiger partial charge in [0.05, 0.1) is 6.54 Å². The molecule has 0 aliphatic carbocycles. The molecule has 1 amide bonds. The van der Waals surface area contributed by atoms with E-state index in [0.717, 1.165) is 74.3 Å². The van der Waals surface area contributed by atoms with E-state index in [-0.39, 0.29) is 5.91 Å². The number of rotatable bonds is 3. The van der Waals surface area contributed by atoms with Gasteiger partial charge in [-0.25, -0.2) is 0 Å². The average Bonchev–Trinajstić information content (AvgIpc) is 3.07. The van der Waals surface area contributed by atoms with Crippen LogP contribution in [-0.2, 0) is 24.4 Å². The molecule has 7 heteroatoms. The fraction of sp³-hybridized carbons (Fsp3) is 0.526. The highest BCUT2D eigenvalue weighted by atomic mass is 35.5. The number of halogens is 1. The summed E-state index contributed by atoms with van der Waals surface area (Å²) in [6, 6.07) is 7.99. The van der Waals surface area contributed by atoms with E-state index < -0.39 is 0 Å². The number of hydrogen-bond acceptors (Lipinski definition) is 4. The first-order chi connectivity index (χ1) is 12.6. The van der Waals surface area contributed by atoms with Crippen LogP contribution in [0.3, 0.4) is 0 Å². The summed E-state index contributed by atoms with van der Waals surface area (Å²) >= 11 is 6.30. The number of amides is 1. The van der Waals surface area contributed by atoms with Crippen molar-refractivity contribution in [1.29, 1.82) is 0 Å². The van der Waals surface area contributed by atoms with E-state index in [1.54, 1.807) is 6.92 Å². The lowest BCUT2D eigenvalue weighted by Gasteiger charge is -2.33. The summed E-state index contributed by atoms with van der Waals surface area (Å²) in [7, 11) is 0.